The molecule has 84 valence electrons. The van der Waals surface area contributed by atoms with Gasteiger partial charge in [-0.2, -0.15) is 0 Å². The van der Waals surface area contributed by atoms with Crippen molar-refractivity contribution in [1.29, 1.82) is 0 Å². The minimum absolute atomic E-state index is 0.426. The van der Waals surface area contributed by atoms with Gasteiger partial charge in [0, 0.05) is 19.6 Å². The van der Waals surface area contributed by atoms with Crippen LogP contribution in [0.4, 0.5) is 0 Å². The Morgan fingerprint density at radius 2 is 2.00 bits per heavy atom. The summed E-state index contributed by atoms with van der Waals surface area (Å²) in [7, 11) is 5.96. The quantitative estimate of drug-likeness (QED) is 0.386. The Balaban J connectivity index is 3.54. The first kappa shape index (κ1) is 13.2. The molecule has 0 fully saturated rings. The fraction of sp³-hybridized carbons (Fsp3) is 0.900. The first-order valence-electron chi connectivity index (χ1n) is 5.18. The van der Waals surface area contributed by atoms with Crippen LogP contribution in [0.3, 0.4) is 0 Å². The average Bonchev–Trinajstić information content (AvgIpc) is 2.09. The van der Waals surface area contributed by atoms with Gasteiger partial charge in [-0.3, -0.25) is 4.99 Å². The van der Waals surface area contributed by atoms with Crippen molar-refractivity contribution >= 4 is 5.96 Å². The Hall–Kier alpha value is -0.770. The number of nitrogens with zero attached hydrogens (tertiary/aromatic N) is 2. The first-order valence-corrected chi connectivity index (χ1v) is 5.18. The monoisotopic (exact) mass is 200 g/mol. The van der Waals surface area contributed by atoms with E-state index in [0.29, 0.717) is 6.04 Å². The van der Waals surface area contributed by atoms with Gasteiger partial charge in [0.25, 0.3) is 0 Å². The van der Waals surface area contributed by atoms with Crippen LogP contribution in [0.15, 0.2) is 4.99 Å². The van der Waals surface area contributed by atoms with Gasteiger partial charge < -0.3 is 15.5 Å². The maximum Gasteiger partial charge on any atom is 0.191 e. The van der Waals surface area contributed by atoms with Crippen molar-refractivity contribution in [2.45, 2.75) is 26.3 Å². The Morgan fingerprint density at radius 3 is 2.43 bits per heavy atom. The van der Waals surface area contributed by atoms with Crippen molar-refractivity contribution in [3.8, 4) is 0 Å². The molecule has 0 aliphatic carbocycles. The molecule has 0 heterocycles. The van der Waals surface area contributed by atoms with Crippen LogP contribution in [0.1, 0.15) is 20.3 Å². The fourth-order valence-electron chi connectivity index (χ4n) is 1.07. The van der Waals surface area contributed by atoms with Gasteiger partial charge in [-0.1, -0.05) is 0 Å². The summed E-state index contributed by atoms with van der Waals surface area (Å²) in [6, 6.07) is 0.426. The molecule has 0 saturated heterocycles. The molecule has 0 bridgehead atoms. The molecule has 0 atom stereocenters. The van der Waals surface area contributed by atoms with E-state index in [4.69, 9.17) is 0 Å². The zero-order valence-electron chi connectivity index (χ0n) is 10.1. The minimum atomic E-state index is 0.426. The lowest BCUT2D eigenvalue weighted by Crippen LogP contribution is -2.41. The third-order valence-electron chi connectivity index (χ3n) is 1.72. The zero-order valence-corrected chi connectivity index (χ0v) is 10.1. The van der Waals surface area contributed by atoms with Gasteiger partial charge in [0.1, 0.15) is 0 Å². The van der Waals surface area contributed by atoms with Crippen LogP contribution in [0.5, 0.6) is 0 Å². The predicted molar refractivity (Wildman–Crippen MR) is 62.8 cm³/mol. The number of hydrogen-bond donors (Lipinski definition) is 2. The van der Waals surface area contributed by atoms with Gasteiger partial charge in [-0.05, 0) is 40.9 Å². The van der Waals surface area contributed by atoms with Gasteiger partial charge >= 0.3 is 0 Å². The van der Waals surface area contributed by atoms with Gasteiger partial charge in [-0.25, -0.2) is 0 Å². The van der Waals surface area contributed by atoms with Crippen LogP contribution in [0.2, 0.25) is 0 Å². The van der Waals surface area contributed by atoms with E-state index in [0.717, 1.165) is 25.5 Å². The van der Waals surface area contributed by atoms with E-state index in [1.54, 1.807) is 7.05 Å². The van der Waals surface area contributed by atoms with Crippen molar-refractivity contribution < 1.29 is 0 Å². The standard InChI is InChI=1S/C10H24N4/c1-9(2)13-10(11-3)12-7-6-8-14(4)5/h9H,6-8H2,1-5H3,(H2,11,12,13). The van der Waals surface area contributed by atoms with Crippen molar-refractivity contribution in [2.24, 2.45) is 4.99 Å². The topological polar surface area (TPSA) is 39.7 Å². The zero-order chi connectivity index (χ0) is 11.0. The second kappa shape index (κ2) is 7.62. The number of guanidine groups is 1. The Morgan fingerprint density at radius 1 is 1.36 bits per heavy atom. The lowest BCUT2D eigenvalue weighted by Gasteiger charge is -2.15. The second-order valence-corrected chi connectivity index (χ2v) is 3.95. The highest BCUT2D eigenvalue weighted by Crippen LogP contribution is 1.82. The third kappa shape index (κ3) is 7.86. The predicted octanol–water partition coefficient (Wildman–Crippen LogP) is 0.512. The molecule has 0 amide bonds. The average molecular weight is 200 g/mol. The summed E-state index contributed by atoms with van der Waals surface area (Å²) in [5.41, 5.74) is 0. The number of rotatable bonds is 5. The molecule has 14 heavy (non-hydrogen) atoms. The van der Waals surface area contributed by atoms with E-state index in [2.05, 4.69) is 48.5 Å². The van der Waals surface area contributed by atoms with Crippen LogP contribution in [0.25, 0.3) is 0 Å². The largest absolute Gasteiger partial charge is 0.356 e. The lowest BCUT2D eigenvalue weighted by atomic mass is 10.4. The van der Waals surface area contributed by atoms with Crippen molar-refractivity contribution in [2.75, 3.05) is 34.2 Å². The Labute approximate surface area is 87.8 Å². The maximum atomic E-state index is 4.13. The Bertz CT molecular complexity index is 164. The molecule has 0 radical (unpaired) electrons. The van der Waals surface area contributed by atoms with E-state index >= 15 is 0 Å². The molecule has 0 spiro atoms. The SMILES string of the molecule is CN=C(NCCCN(C)C)NC(C)C. The van der Waals surface area contributed by atoms with E-state index < -0.39 is 0 Å². The first-order chi connectivity index (χ1) is 6.56. The van der Waals surface area contributed by atoms with E-state index in [1.807, 2.05) is 0 Å². The smallest absolute Gasteiger partial charge is 0.191 e. The number of nitrogens with one attached hydrogen (secondary N) is 2. The highest BCUT2D eigenvalue weighted by molar-refractivity contribution is 5.79. The summed E-state index contributed by atoms with van der Waals surface area (Å²) in [6.45, 7) is 6.27. The maximum absolute atomic E-state index is 4.13. The van der Waals surface area contributed by atoms with Crippen molar-refractivity contribution in [3.63, 3.8) is 0 Å². The molecule has 0 rings (SSSR count). The van der Waals surface area contributed by atoms with Gasteiger partial charge in [0.05, 0.1) is 0 Å². The van der Waals surface area contributed by atoms with Crippen LogP contribution >= 0.6 is 0 Å². The van der Waals surface area contributed by atoms with Crippen LogP contribution in [-0.2, 0) is 0 Å². The molecular formula is C10H24N4. The fourth-order valence-corrected chi connectivity index (χ4v) is 1.07. The molecule has 4 heteroatoms. The number of hydrogen-bond acceptors (Lipinski definition) is 2. The van der Waals surface area contributed by atoms with Crippen molar-refractivity contribution in [3.05, 3.63) is 0 Å². The molecule has 4 nitrogen and oxygen atoms in total. The molecule has 2 N–H and O–H groups in total. The third-order valence-corrected chi connectivity index (χ3v) is 1.72. The molecular weight excluding hydrogens is 176 g/mol. The molecule has 0 saturated carbocycles. The number of aliphatic imine (C=N–C) groups is 1. The Kier molecular flexibility index (Phi) is 7.20. The molecule has 0 unspecified atom stereocenters. The van der Waals surface area contributed by atoms with Crippen LogP contribution in [-0.4, -0.2) is 51.1 Å². The van der Waals surface area contributed by atoms with Crippen LogP contribution < -0.4 is 10.6 Å². The second-order valence-electron chi connectivity index (χ2n) is 3.95. The van der Waals surface area contributed by atoms with Gasteiger partial charge in [0.15, 0.2) is 5.96 Å². The molecule has 0 aliphatic rings. The summed E-state index contributed by atoms with van der Waals surface area (Å²) < 4.78 is 0. The van der Waals surface area contributed by atoms with Crippen LogP contribution in [0, 0.1) is 0 Å². The summed E-state index contributed by atoms with van der Waals surface area (Å²) in [5, 5.41) is 6.51. The van der Waals surface area contributed by atoms with Gasteiger partial charge in [0.2, 0.25) is 0 Å². The summed E-state index contributed by atoms with van der Waals surface area (Å²) >= 11 is 0. The summed E-state index contributed by atoms with van der Waals surface area (Å²) in [6.07, 6.45) is 1.13. The minimum Gasteiger partial charge on any atom is -0.356 e. The summed E-state index contributed by atoms with van der Waals surface area (Å²) in [4.78, 5) is 6.31. The lowest BCUT2D eigenvalue weighted by molar-refractivity contribution is 0.399. The van der Waals surface area contributed by atoms with E-state index in [-0.39, 0.29) is 0 Å². The molecule has 0 aromatic heterocycles. The van der Waals surface area contributed by atoms with Gasteiger partial charge in [-0.15, -0.1) is 0 Å². The normalized spacial score (nSPS) is 12.4. The highest BCUT2D eigenvalue weighted by Gasteiger charge is 1.98. The van der Waals surface area contributed by atoms with E-state index in [9.17, 15) is 0 Å². The summed E-state index contributed by atoms with van der Waals surface area (Å²) in [5.74, 6) is 0.888. The molecule has 0 aromatic rings. The highest BCUT2D eigenvalue weighted by atomic mass is 15.2. The van der Waals surface area contributed by atoms with Crippen molar-refractivity contribution in [1.82, 2.24) is 15.5 Å². The molecule has 0 aliphatic heterocycles. The van der Waals surface area contributed by atoms with E-state index in [1.165, 1.54) is 0 Å². The molecule has 0 aromatic carbocycles.